The number of nitrogens with two attached hydrogens (primary N) is 1. The highest BCUT2D eigenvalue weighted by Gasteiger charge is 2.17. The molecule has 0 heterocycles. The van der Waals surface area contributed by atoms with Crippen molar-refractivity contribution in [2.24, 2.45) is 5.41 Å². The Hall–Kier alpha value is -1.76. The van der Waals surface area contributed by atoms with Crippen molar-refractivity contribution in [2.45, 2.75) is 27.7 Å². The van der Waals surface area contributed by atoms with E-state index >= 15 is 0 Å². The normalized spacial score (nSPS) is 11.1. The van der Waals surface area contributed by atoms with Crippen molar-refractivity contribution in [1.82, 2.24) is 0 Å². The highest BCUT2D eigenvalue weighted by Crippen LogP contribution is 2.29. The molecule has 0 aromatic heterocycles. The van der Waals surface area contributed by atoms with Crippen LogP contribution in [-0.2, 0) is 0 Å². The minimum absolute atomic E-state index is 0.00764. The third-order valence-corrected chi connectivity index (χ3v) is 2.38. The lowest BCUT2D eigenvalue weighted by Gasteiger charge is -2.21. The van der Waals surface area contributed by atoms with Gasteiger partial charge in [0.25, 0.3) is 0 Å². The fraction of sp³-hybridized carbons (Fsp3) is 0.462. The quantitative estimate of drug-likeness (QED) is 0.774. The Morgan fingerprint density at radius 3 is 2.53 bits per heavy atom. The predicted molar refractivity (Wildman–Crippen MR) is 68.2 cm³/mol. The standard InChI is InChI=1S/C13H18FN3/c1-8-5-10(16)12(9(6-15)11(8)14)17-7-13(2,3)4/h5,17H,7,16H2,1-4H3. The number of hydrogen-bond acceptors (Lipinski definition) is 3. The zero-order valence-electron chi connectivity index (χ0n) is 10.7. The monoisotopic (exact) mass is 235 g/mol. The fourth-order valence-corrected chi connectivity index (χ4v) is 1.47. The summed E-state index contributed by atoms with van der Waals surface area (Å²) < 4.78 is 13.7. The van der Waals surface area contributed by atoms with Gasteiger partial charge in [0.2, 0.25) is 0 Å². The molecule has 1 aromatic rings. The maximum atomic E-state index is 13.7. The van der Waals surface area contributed by atoms with Gasteiger partial charge in [0.05, 0.1) is 11.4 Å². The van der Waals surface area contributed by atoms with Gasteiger partial charge in [-0.25, -0.2) is 4.39 Å². The molecule has 0 unspecified atom stereocenters. The molecular weight excluding hydrogens is 217 g/mol. The molecule has 0 aliphatic rings. The van der Waals surface area contributed by atoms with Crippen LogP contribution in [0.2, 0.25) is 0 Å². The van der Waals surface area contributed by atoms with Gasteiger partial charge in [-0.3, -0.25) is 0 Å². The highest BCUT2D eigenvalue weighted by molar-refractivity contribution is 5.75. The molecule has 0 aliphatic heterocycles. The third kappa shape index (κ3) is 3.10. The zero-order chi connectivity index (χ0) is 13.2. The first-order valence-electron chi connectivity index (χ1n) is 5.49. The van der Waals surface area contributed by atoms with Gasteiger partial charge in [-0.05, 0) is 24.0 Å². The highest BCUT2D eigenvalue weighted by atomic mass is 19.1. The predicted octanol–water partition coefficient (Wildman–Crippen LogP) is 3.05. The number of aryl methyl sites for hydroxylation is 1. The number of halogens is 1. The van der Waals surface area contributed by atoms with Gasteiger partial charge in [-0.15, -0.1) is 0 Å². The zero-order valence-corrected chi connectivity index (χ0v) is 10.7. The number of nitriles is 1. The van der Waals surface area contributed by atoms with Crippen molar-refractivity contribution in [3.05, 3.63) is 23.0 Å². The first-order chi connectivity index (χ1) is 7.76. The van der Waals surface area contributed by atoms with Crippen LogP contribution < -0.4 is 11.1 Å². The van der Waals surface area contributed by atoms with Crippen molar-refractivity contribution in [1.29, 1.82) is 5.26 Å². The molecule has 0 radical (unpaired) electrons. The largest absolute Gasteiger partial charge is 0.397 e. The smallest absolute Gasteiger partial charge is 0.146 e. The summed E-state index contributed by atoms with van der Waals surface area (Å²) in [6.07, 6.45) is 0. The minimum Gasteiger partial charge on any atom is -0.397 e. The summed E-state index contributed by atoms with van der Waals surface area (Å²) >= 11 is 0. The maximum Gasteiger partial charge on any atom is 0.146 e. The summed E-state index contributed by atoms with van der Waals surface area (Å²) in [5.41, 5.74) is 7.03. The van der Waals surface area contributed by atoms with Crippen LogP contribution in [0.3, 0.4) is 0 Å². The van der Waals surface area contributed by atoms with E-state index in [1.807, 2.05) is 26.8 Å². The number of rotatable bonds is 2. The molecule has 92 valence electrons. The van der Waals surface area contributed by atoms with Gasteiger partial charge in [0.1, 0.15) is 17.4 Å². The van der Waals surface area contributed by atoms with E-state index in [0.717, 1.165) is 0 Å². The van der Waals surface area contributed by atoms with Crippen LogP contribution >= 0.6 is 0 Å². The Kier molecular flexibility index (Phi) is 3.62. The molecule has 1 rings (SSSR count). The third-order valence-electron chi connectivity index (χ3n) is 2.38. The summed E-state index contributed by atoms with van der Waals surface area (Å²) in [4.78, 5) is 0. The summed E-state index contributed by atoms with van der Waals surface area (Å²) in [5.74, 6) is -0.502. The van der Waals surface area contributed by atoms with E-state index in [1.165, 1.54) is 0 Å². The van der Waals surface area contributed by atoms with Crippen LogP contribution in [0.15, 0.2) is 6.07 Å². The number of benzene rings is 1. The van der Waals surface area contributed by atoms with Gasteiger partial charge < -0.3 is 11.1 Å². The summed E-state index contributed by atoms with van der Waals surface area (Å²) in [7, 11) is 0. The van der Waals surface area contributed by atoms with Crippen LogP contribution in [0.25, 0.3) is 0 Å². The van der Waals surface area contributed by atoms with E-state index in [-0.39, 0.29) is 11.0 Å². The second kappa shape index (κ2) is 4.62. The molecule has 3 N–H and O–H groups in total. The van der Waals surface area contributed by atoms with Gasteiger partial charge in [0, 0.05) is 6.54 Å². The molecule has 4 heteroatoms. The average molecular weight is 235 g/mol. The molecule has 0 saturated carbocycles. The lowest BCUT2D eigenvalue weighted by atomic mass is 9.96. The van der Waals surface area contributed by atoms with Crippen molar-refractivity contribution in [3.63, 3.8) is 0 Å². The van der Waals surface area contributed by atoms with Gasteiger partial charge in [-0.1, -0.05) is 20.8 Å². The van der Waals surface area contributed by atoms with Crippen LogP contribution in [-0.4, -0.2) is 6.54 Å². The van der Waals surface area contributed by atoms with Crippen LogP contribution in [0.1, 0.15) is 31.9 Å². The van der Waals surface area contributed by atoms with Crippen LogP contribution in [0.4, 0.5) is 15.8 Å². The van der Waals surface area contributed by atoms with Crippen molar-refractivity contribution >= 4 is 11.4 Å². The number of nitrogen functional groups attached to an aromatic ring is 1. The Morgan fingerprint density at radius 1 is 1.47 bits per heavy atom. The number of nitrogens with zero attached hydrogens (tertiary/aromatic N) is 1. The Morgan fingerprint density at radius 2 is 2.06 bits per heavy atom. The van der Waals surface area contributed by atoms with Crippen molar-refractivity contribution < 1.29 is 4.39 Å². The van der Waals surface area contributed by atoms with Crippen LogP contribution in [0.5, 0.6) is 0 Å². The lowest BCUT2D eigenvalue weighted by Crippen LogP contribution is -2.20. The molecule has 0 aliphatic carbocycles. The van der Waals surface area contributed by atoms with Gasteiger partial charge in [0.15, 0.2) is 0 Å². The lowest BCUT2D eigenvalue weighted by molar-refractivity contribution is 0.443. The van der Waals surface area contributed by atoms with E-state index in [1.54, 1.807) is 13.0 Å². The Bertz CT molecular complexity index is 467. The molecule has 0 bridgehead atoms. The number of anilines is 2. The van der Waals surface area contributed by atoms with Crippen LogP contribution in [0, 0.1) is 29.5 Å². The molecule has 0 amide bonds. The SMILES string of the molecule is Cc1cc(N)c(NCC(C)(C)C)c(C#N)c1F. The minimum atomic E-state index is -0.502. The molecule has 3 nitrogen and oxygen atoms in total. The van der Waals surface area contributed by atoms with E-state index in [9.17, 15) is 4.39 Å². The molecule has 0 saturated heterocycles. The molecule has 1 aromatic carbocycles. The van der Waals surface area contributed by atoms with E-state index in [4.69, 9.17) is 11.0 Å². The molecule has 0 spiro atoms. The molecule has 17 heavy (non-hydrogen) atoms. The molecule has 0 atom stereocenters. The van der Waals surface area contributed by atoms with Crippen molar-refractivity contribution in [3.8, 4) is 6.07 Å². The number of nitrogens with one attached hydrogen (secondary N) is 1. The van der Waals surface area contributed by atoms with Gasteiger partial charge in [-0.2, -0.15) is 5.26 Å². The van der Waals surface area contributed by atoms with E-state index in [2.05, 4.69) is 5.32 Å². The maximum absolute atomic E-state index is 13.7. The van der Waals surface area contributed by atoms with Gasteiger partial charge >= 0.3 is 0 Å². The Labute approximate surface area is 101 Å². The topological polar surface area (TPSA) is 61.8 Å². The molecular formula is C13H18FN3. The fourth-order valence-electron chi connectivity index (χ4n) is 1.47. The van der Waals surface area contributed by atoms with Crippen molar-refractivity contribution in [2.75, 3.05) is 17.6 Å². The summed E-state index contributed by atoms with van der Waals surface area (Å²) in [6, 6.07) is 3.41. The number of hydrogen-bond donors (Lipinski definition) is 2. The average Bonchev–Trinajstić information content (AvgIpc) is 2.20. The summed E-state index contributed by atoms with van der Waals surface area (Å²) in [5, 5.41) is 12.0. The summed E-state index contributed by atoms with van der Waals surface area (Å²) in [6.45, 7) is 8.36. The molecule has 0 fully saturated rings. The Balaban J connectivity index is 3.16. The van der Waals surface area contributed by atoms with E-state index in [0.29, 0.717) is 23.5 Å². The first-order valence-corrected chi connectivity index (χ1v) is 5.49. The van der Waals surface area contributed by atoms with E-state index < -0.39 is 5.82 Å². The second-order valence-electron chi connectivity index (χ2n) is 5.37. The first kappa shape index (κ1) is 13.3. The second-order valence-corrected chi connectivity index (χ2v) is 5.37.